The molecule has 10 nitrogen and oxygen atoms in total. The number of hydrogen-bond donors (Lipinski definition) is 4. The lowest BCUT2D eigenvalue weighted by atomic mass is 10.0. The number of carbonyl (C=O) groups excluding carboxylic acids is 1. The minimum absolute atomic E-state index is 0.0287. The lowest BCUT2D eigenvalue weighted by Gasteiger charge is -2.28. The van der Waals surface area contributed by atoms with E-state index in [2.05, 4.69) is 44.3 Å². The van der Waals surface area contributed by atoms with Crippen LogP contribution in [0.25, 0.3) is 11.4 Å². The summed E-state index contributed by atoms with van der Waals surface area (Å²) in [5.74, 6) is 0.671. The van der Waals surface area contributed by atoms with Gasteiger partial charge in [0.05, 0.1) is 19.8 Å². The molecule has 10 heteroatoms. The maximum Gasteiger partial charge on any atom is 0.255 e. The smallest absolute Gasteiger partial charge is 0.255 e. The number of nitrogens with one attached hydrogen (secondary N) is 2. The van der Waals surface area contributed by atoms with E-state index in [1.54, 1.807) is 30.3 Å². The van der Waals surface area contributed by atoms with Crippen LogP contribution in [0, 0.1) is 0 Å². The molecule has 1 aliphatic heterocycles. The van der Waals surface area contributed by atoms with E-state index in [0.717, 1.165) is 43.2 Å². The highest BCUT2D eigenvalue weighted by atomic mass is 16.5. The largest absolute Gasteiger partial charge is 0.392 e. The summed E-state index contributed by atoms with van der Waals surface area (Å²) in [6.07, 6.45) is 0. The summed E-state index contributed by atoms with van der Waals surface area (Å²) >= 11 is 0. The van der Waals surface area contributed by atoms with Crippen LogP contribution in [0.1, 0.15) is 41.3 Å². The fourth-order valence-electron chi connectivity index (χ4n) is 4.57. The molecular formula is C30H33N7O3. The summed E-state index contributed by atoms with van der Waals surface area (Å²) < 4.78 is 5.43. The van der Waals surface area contributed by atoms with Crippen molar-refractivity contribution in [1.82, 2.24) is 15.0 Å². The van der Waals surface area contributed by atoms with Crippen LogP contribution in [-0.2, 0) is 11.3 Å². The number of amides is 1. The van der Waals surface area contributed by atoms with Gasteiger partial charge in [-0.1, -0.05) is 38.1 Å². The minimum Gasteiger partial charge on any atom is -0.392 e. The summed E-state index contributed by atoms with van der Waals surface area (Å²) in [6.45, 7) is 7.03. The molecule has 1 amide bonds. The van der Waals surface area contributed by atoms with Crippen molar-refractivity contribution in [3.8, 4) is 11.4 Å². The van der Waals surface area contributed by atoms with E-state index in [-0.39, 0.29) is 30.2 Å². The number of aliphatic hydroxyl groups excluding tert-OH is 1. The summed E-state index contributed by atoms with van der Waals surface area (Å²) in [6, 6.07) is 20.7. The number of anilines is 5. The molecule has 0 atom stereocenters. The van der Waals surface area contributed by atoms with Crippen molar-refractivity contribution < 1.29 is 14.6 Å². The maximum atomic E-state index is 13.0. The van der Waals surface area contributed by atoms with E-state index in [1.165, 1.54) is 0 Å². The number of hydrogen-bond acceptors (Lipinski definition) is 9. The second-order valence-corrected chi connectivity index (χ2v) is 9.83. The Labute approximate surface area is 233 Å². The highest BCUT2D eigenvalue weighted by Gasteiger charge is 2.17. The van der Waals surface area contributed by atoms with E-state index < -0.39 is 0 Å². The normalized spacial score (nSPS) is 13.3. The molecule has 1 aliphatic rings. The molecular weight excluding hydrogens is 506 g/mol. The van der Waals surface area contributed by atoms with E-state index in [9.17, 15) is 9.90 Å². The molecule has 5 N–H and O–H groups in total. The molecule has 5 rings (SSSR count). The zero-order chi connectivity index (χ0) is 28.1. The quantitative estimate of drug-likeness (QED) is 0.254. The lowest BCUT2D eigenvalue weighted by molar-refractivity contribution is 0.102. The predicted octanol–water partition coefficient (Wildman–Crippen LogP) is 4.57. The van der Waals surface area contributed by atoms with Gasteiger partial charge in [0, 0.05) is 46.8 Å². The van der Waals surface area contributed by atoms with E-state index >= 15 is 0 Å². The van der Waals surface area contributed by atoms with Gasteiger partial charge in [-0.25, -0.2) is 0 Å². The topological polar surface area (TPSA) is 139 Å². The third-order valence-electron chi connectivity index (χ3n) is 6.82. The molecule has 0 spiro atoms. The average Bonchev–Trinajstić information content (AvgIpc) is 2.97. The number of nitrogen functional groups attached to an aromatic ring is 1. The number of benzene rings is 3. The Balaban J connectivity index is 1.36. The lowest BCUT2D eigenvalue weighted by Crippen LogP contribution is -2.36. The molecule has 1 saturated heterocycles. The fourth-order valence-corrected chi connectivity index (χ4v) is 4.57. The Morgan fingerprint density at radius 3 is 2.40 bits per heavy atom. The molecule has 4 aromatic rings. The standard InChI is InChI=1S/C30H33N7O3/c1-19(2)20-6-8-21(9-7-20)28(39)33-26-5-3-4-24(25(26)18-38)27-34-29(31)36-30(35-27)32-22-10-12-23(13-11-22)37-14-16-40-17-15-37/h3-13,19,38H,14-18H2,1-2H3,(H,33,39)(H3,31,32,34,35,36). The van der Waals surface area contributed by atoms with Gasteiger partial charge in [-0.2, -0.15) is 15.0 Å². The Hall–Kier alpha value is -4.54. The first-order valence-electron chi connectivity index (χ1n) is 13.3. The van der Waals surface area contributed by atoms with Crippen molar-refractivity contribution in [1.29, 1.82) is 0 Å². The predicted molar refractivity (Wildman–Crippen MR) is 157 cm³/mol. The van der Waals surface area contributed by atoms with Crippen molar-refractivity contribution in [3.63, 3.8) is 0 Å². The number of carbonyl (C=O) groups is 1. The van der Waals surface area contributed by atoms with Crippen LogP contribution >= 0.6 is 0 Å². The average molecular weight is 540 g/mol. The van der Waals surface area contributed by atoms with Crippen LogP contribution in [-0.4, -0.2) is 52.3 Å². The summed E-state index contributed by atoms with van der Waals surface area (Å²) in [5.41, 5.74) is 11.1. The number of rotatable bonds is 8. The first kappa shape index (κ1) is 27.0. The van der Waals surface area contributed by atoms with Crippen molar-refractivity contribution in [2.24, 2.45) is 0 Å². The zero-order valence-corrected chi connectivity index (χ0v) is 22.6. The fraction of sp³-hybridized carbons (Fsp3) is 0.267. The summed E-state index contributed by atoms with van der Waals surface area (Å²) in [7, 11) is 0. The SMILES string of the molecule is CC(C)c1ccc(C(=O)Nc2cccc(-c3nc(N)nc(Nc4ccc(N5CCOCC5)cc4)n3)c2CO)cc1. The third-order valence-corrected chi connectivity index (χ3v) is 6.82. The second-order valence-electron chi connectivity index (χ2n) is 9.83. The van der Waals surface area contributed by atoms with Gasteiger partial charge in [0.2, 0.25) is 11.9 Å². The summed E-state index contributed by atoms with van der Waals surface area (Å²) in [4.78, 5) is 28.4. The third kappa shape index (κ3) is 6.19. The minimum atomic E-state index is -0.338. The Kier molecular flexibility index (Phi) is 8.18. The molecule has 3 aromatic carbocycles. The number of nitrogens with zero attached hydrogens (tertiary/aromatic N) is 4. The number of ether oxygens (including phenoxy) is 1. The van der Waals surface area contributed by atoms with Crippen molar-refractivity contribution >= 4 is 34.9 Å². The zero-order valence-electron chi connectivity index (χ0n) is 22.6. The van der Waals surface area contributed by atoms with Crippen LogP contribution in [0.3, 0.4) is 0 Å². The van der Waals surface area contributed by atoms with Gasteiger partial charge in [-0.05, 0) is 53.9 Å². The highest BCUT2D eigenvalue weighted by Crippen LogP contribution is 2.29. The van der Waals surface area contributed by atoms with Gasteiger partial charge < -0.3 is 31.1 Å². The first-order valence-corrected chi connectivity index (χ1v) is 13.3. The van der Waals surface area contributed by atoms with E-state index in [0.29, 0.717) is 28.3 Å². The van der Waals surface area contributed by atoms with Crippen molar-refractivity contribution in [2.45, 2.75) is 26.4 Å². The van der Waals surface area contributed by atoms with Crippen molar-refractivity contribution in [3.05, 3.63) is 83.4 Å². The van der Waals surface area contributed by atoms with Gasteiger partial charge in [-0.15, -0.1) is 0 Å². The Morgan fingerprint density at radius 2 is 1.73 bits per heavy atom. The highest BCUT2D eigenvalue weighted by molar-refractivity contribution is 6.05. The van der Waals surface area contributed by atoms with Crippen LogP contribution in [0.5, 0.6) is 0 Å². The van der Waals surface area contributed by atoms with Gasteiger partial charge in [0.1, 0.15) is 0 Å². The van der Waals surface area contributed by atoms with Gasteiger partial charge in [0.15, 0.2) is 5.82 Å². The van der Waals surface area contributed by atoms with E-state index in [4.69, 9.17) is 10.5 Å². The molecule has 0 radical (unpaired) electrons. The maximum absolute atomic E-state index is 13.0. The summed E-state index contributed by atoms with van der Waals surface area (Å²) in [5, 5.41) is 16.4. The molecule has 206 valence electrons. The van der Waals surface area contributed by atoms with Gasteiger partial charge in [0.25, 0.3) is 5.91 Å². The molecule has 0 saturated carbocycles. The molecule has 1 aromatic heterocycles. The van der Waals surface area contributed by atoms with E-state index in [1.807, 2.05) is 36.4 Å². The van der Waals surface area contributed by atoms with Crippen LogP contribution in [0.4, 0.5) is 29.0 Å². The van der Waals surface area contributed by atoms with Gasteiger partial charge in [-0.3, -0.25) is 4.79 Å². The number of morpholine rings is 1. The monoisotopic (exact) mass is 539 g/mol. The van der Waals surface area contributed by atoms with Crippen LogP contribution in [0.2, 0.25) is 0 Å². The molecule has 0 unspecified atom stereocenters. The van der Waals surface area contributed by atoms with Crippen LogP contribution in [0.15, 0.2) is 66.7 Å². The molecule has 0 aliphatic carbocycles. The molecule has 0 bridgehead atoms. The van der Waals surface area contributed by atoms with Crippen LogP contribution < -0.4 is 21.3 Å². The Bertz CT molecular complexity index is 1470. The molecule has 40 heavy (non-hydrogen) atoms. The first-order chi connectivity index (χ1) is 19.4. The molecule has 2 heterocycles. The van der Waals surface area contributed by atoms with Gasteiger partial charge >= 0.3 is 0 Å². The number of aliphatic hydroxyl groups is 1. The Morgan fingerprint density at radius 1 is 1.00 bits per heavy atom. The second kappa shape index (κ2) is 12.1. The van der Waals surface area contributed by atoms with Crippen molar-refractivity contribution in [2.75, 3.05) is 47.6 Å². The number of nitrogens with two attached hydrogens (primary N) is 1. The molecule has 1 fully saturated rings. The number of aromatic nitrogens is 3.